The maximum Gasteiger partial charge on any atom is 0.234 e. The molecule has 0 atom stereocenters. The molecule has 0 aliphatic rings. The normalized spacial score (nSPS) is 10.5. The number of nitrogens with one attached hydrogen (secondary N) is 1. The number of aromatic hydroxyl groups is 1. The van der Waals surface area contributed by atoms with Gasteiger partial charge in [0.05, 0.1) is 13.2 Å². The van der Waals surface area contributed by atoms with Crippen LogP contribution in [-0.4, -0.2) is 42.7 Å². The van der Waals surface area contributed by atoms with E-state index in [1.807, 2.05) is 37.9 Å². The summed E-state index contributed by atoms with van der Waals surface area (Å²) in [5, 5.41) is 12.8. The molecule has 1 rings (SSSR count). The van der Waals surface area contributed by atoms with Crippen LogP contribution >= 0.6 is 0 Å². The van der Waals surface area contributed by atoms with Crippen molar-refractivity contribution in [3.05, 3.63) is 23.8 Å². The monoisotopic (exact) mass is 266 g/mol. The van der Waals surface area contributed by atoms with Crippen molar-refractivity contribution in [2.24, 2.45) is 0 Å². The quantitative estimate of drug-likeness (QED) is 0.782. The lowest BCUT2D eigenvalue weighted by Crippen LogP contribution is -2.34. The molecule has 1 aromatic rings. The number of likely N-dealkylation sites (N-methyl/N-ethyl adjacent to an activating group) is 2. The number of phenols is 1. The predicted molar refractivity (Wildman–Crippen MR) is 74.3 cm³/mol. The molecule has 1 aromatic carbocycles. The molecule has 0 saturated heterocycles. The van der Waals surface area contributed by atoms with E-state index in [9.17, 15) is 9.90 Å². The zero-order chi connectivity index (χ0) is 14.3. The number of rotatable bonds is 7. The van der Waals surface area contributed by atoms with Gasteiger partial charge in [-0.1, -0.05) is 12.1 Å². The van der Waals surface area contributed by atoms with Gasteiger partial charge >= 0.3 is 0 Å². The van der Waals surface area contributed by atoms with Crippen molar-refractivity contribution in [1.29, 1.82) is 0 Å². The van der Waals surface area contributed by atoms with E-state index in [-0.39, 0.29) is 11.7 Å². The number of ether oxygens (including phenoxy) is 1. The Morgan fingerprint density at radius 1 is 1.42 bits per heavy atom. The molecule has 2 N–H and O–H groups in total. The molecule has 0 aliphatic heterocycles. The van der Waals surface area contributed by atoms with Crippen LogP contribution in [0.1, 0.15) is 19.4 Å². The number of benzene rings is 1. The van der Waals surface area contributed by atoms with Gasteiger partial charge in [0, 0.05) is 18.7 Å². The molecule has 5 nitrogen and oxygen atoms in total. The number of carbonyl (C=O) groups excluding carboxylic acids is 1. The fraction of sp³-hybridized carbons (Fsp3) is 0.500. The highest BCUT2D eigenvalue weighted by atomic mass is 16.5. The van der Waals surface area contributed by atoms with E-state index in [1.54, 1.807) is 6.07 Å². The maximum absolute atomic E-state index is 11.5. The van der Waals surface area contributed by atoms with Gasteiger partial charge in [0.1, 0.15) is 0 Å². The van der Waals surface area contributed by atoms with Gasteiger partial charge < -0.3 is 15.2 Å². The Kier molecular flexibility index (Phi) is 6.15. The fourth-order valence-electron chi connectivity index (χ4n) is 1.81. The molecular weight excluding hydrogens is 244 g/mol. The van der Waals surface area contributed by atoms with Crippen LogP contribution in [0.4, 0.5) is 0 Å². The van der Waals surface area contributed by atoms with E-state index < -0.39 is 0 Å². The lowest BCUT2D eigenvalue weighted by Gasteiger charge is -2.17. The van der Waals surface area contributed by atoms with Crippen LogP contribution in [0.3, 0.4) is 0 Å². The van der Waals surface area contributed by atoms with Gasteiger partial charge in [-0.2, -0.15) is 0 Å². The molecule has 0 unspecified atom stereocenters. The van der Waals surface area contributed by atoms with Gasteiger partial charge in [-0.15, -0.1) is 0 Å². The van der Waals surface area contributed by atoms with E-state index in [0.717, 1.165) is 5.56 Å². The maximum atomic E-state index is 11.5. The first-order valence-electron chi connectivity index (χ1n) is 6.47. The van der Waals surface area contributed by atoms with Crippen LogP contribution in [-0.2, 0) is 11.3 Å². The second-order valence-corrected chi connectivity index (χ2v) is 4.32. The summed E-state index contributed by atoms with van der Waals surface area (Å²) in [6, 6.07) is 5.39. The van der Waals surface area contributed by atoms with E-state index in [0.29, 0.717) is 32.0 Å². The summed E-state index contributed by atoms with van der Waals surface area (Å²) in [7, 11) is 1.84. The molecule has 19 heavy (non-hydrogen) atoms. The Morgan fingerprint density at radius 2 is 2.16 bits per heavy atom. The minimum absolute atomic E-state index is 0.0227. The molecule has 0 aliphatic carbocycles. The highest BCUT2D eigenvalue weighted by Crippen LogP contribution is 2.30. The number of hydrogen-bond donors (Lipinski definition) is 2. The van der Waals surface area contributed by atoms with Crippen molar-refractivity contribution in [3.8, 4) is 11.5 Å². The lowest BCUT2D eigenvalue weighted by atomic mass is 10.1. The average Bonchev–Trinajstić information content (AvgIpc) is 2.34. The molecule has 5 heteroatoms. The fourth-order valence-corrected chi connectivity index (χ4v) is 1.81. The highest BCUT2D eigenvalue weighted by molar-refractivity contribution is 5.77. The van der Waals surface area contributed by atoms with E-state index >= 15 is 0 Å². The van der Waals surface area contributed by atoms with Gasteiger partial charge in [-0.05, 0) is 27.0 Å². The molecule has 1 amide bonds. The van der Waals surface area contributed by atoms with Crippen LogP contribution in [0.15, 0.2) is 18.2 Å². The number of phenolic OH excluding ortho intramolecular Hbond substituents is 1. The van der Waals surface area contributed by atoms with Gasteiger partial charge in [0.25, 0.3) is 0 Å². The number of amides is 1. The van der Waals surface area contributed by atoms with Crippen molar-refractivity contribution < 1.29 is 14.6 Å². The third-order valence-electron chi connectivity index (χ3n) is 2.61. The molecular formula is C14H22N2O3. The molecule has 0 radical (unpaired) electrons. The SMILES string of the molecule is CCNC(=O)CN(C)Cc1cccc(OCC)c1O. The average molecular weight is 266 g/mol. The van der Waals surface area contributed by atoms with E-state index in [4.69, 9.17) is 4.74 Å². The van der Waals surface area contributed by atoms with E-state index in [1.165, 1.54) is 0 Å². The number of hydrogen-bond acceptors (Lipinski definition) is 4. The minimum atomic E-state index is -0.0227. The van der Waals surface area contributed by atoms with Gasteiger partial charge in [0.2, 0.25) is 5.91 Å². The number of nitrogens with zero attached hydrogens (tertiary/aromatic N) is 1. The number of para-hydroxylation sites is 1. The van der Waals surface area contributed by atoms with Gasteiger partial charge in [-0.25, -0.2) is 0 Å². The smallest absolute Gasteiger partial charge is 0.234 e. The van der Waals surface area contributed by atoms with Crippen LogP contribution in [0.5, 0.6) is 11.5 Å². The Labute approximate surface area is 114 Å². The van der Waals surface area contributed by atoms with Gasteiger partial charge in [-0.3, -0.25) is 9.69 Å². The Morgan fingerprint density at radius 3 is 2.79 bits per heavy atom. The summed E-state index contributed by atoms with van der Waals surface area (Å²) in [4.78, 5) is 13.3. The second kappa shape index (κ2) is 7.63. The summed E-state index contributed by atoms with van der Waals surface area (Å²) in [5.74, 6) is 0.601. The first-order valence-corrected chi connectivity index (χ1v) is 6.47. The summed E-state index contributed by atoms with van der Waals surface area (Å²) in [6.45, 7) is 5.67. The standard InChI is InChI=1S/C14H22N2O3/c1-4-15-13(17)10-16(3)9-11-7-6-8-12(14(11)18)19-5-2/h6-8,18H,4-5,9-10H2,1-3H3,(H,15,17). The zero-order valence-corrected chi connectivity index (χ0v) is 11.8. The Balaban J connectivity index is 2.66. The van der Waals surface area contributed by atoms with Gasteiger partial charge in [0.15, 0.2) is 11.5 Å². The Bertz CT molecular complexity index is 421. The van der Waals surface area contributed by atoms with Crippen LogP contribution in [0.25, 0.3) is 0 Å². The molecule has 0 bridgehead atoms. The van der Waals surface area contributed by atoms with Crippen LogP contribution in [0, 0.1) is 0 Å². The third-order valence-corrected chi connectivity index (χ3v) is 2.61. The summed E-state index contributed by atoms with van der Waals surface area (Å²) < 4.78 is 5.33. The topological polar surface area (TPSA) is 61.8 Å². The molecule has 0 fully saturated rings. The highest BCUT2D eigenvalue weighted by Gasteiger charge is 2.11. The molecule has 106 valence electrons. The zero-order valence-electron chi connectivity index (χ0n) is 11.8. The van der Waals surface area contributed by atoms with Crippen LogP contribution < -0.4 is 10.1 Å². The summed E-state index contributed by atoms with van der Waals surface area (Å²) in [6.07, 6.45) is 0. The number of carbonyl (C=O) groups is 1. The van der Waals surface area contributed by atoms with Crippen molar-refractivity contribution in [2.75, 3.05) is 26.7 Å². The Hall–Kier alpha value is -1.75. The second-order valence-electron chi connectivity index (χ2n) is 4.32. The van der Waals surface area contributed by atoms with Crippen molar-refractivity contribution in [2.45, 2.75) is 20.4 Å². The third kappa shape index (κ3) is 4.79. The molecule has 0 saturated carbocycles. The summed E-state index contributed by atoms with van der Waals surface area (Å²) >= 11 is 0. The summed E-state index contributed by atoms with van der Waals surface area (Å²) in [5.41, 5.74) is 0.748. The van der Waals surface area contributed by atoms with Crippen molar-refractivity contribution >= 4 is 5.91 Å². The first-order chi connectivity index (χ1) is 9.08. The van der Waals surface area contributed by atoms with Crippen molar-refractivity contribution in [3.63, 3.8) is 0 Å². The lowest BCUT2D eigenvalue weighted by molar-refractivity contribution is -0.121. The largest absolute Gasteiger partial charge is 0.504 e. The predicted octanol–water partition coefficient (Wildman–Crippen LogP) is 1.36. The molecule has 0 heterocycles. The van der Waals surface area contributed by atoms with Crippen LogP contribution in [0.2, 0.25) is 0 Å². The molecule has 0 aromatic heterocycles. The minimum Gasteiger partial charge on any atom is -0.504 e. The van der Waals surface area contributed by atoms with Crippen molar-refractivity contribution in [1.82, 2.24) is 10.2 Å². The first kappa shape index (κ1) is 15.3. The van der Waals surface area contributed by atoms with E-state index in [2.05, 4.69) is 5.32 Å². The molecule has 0 spiro atoms.